The van der Waals surface area contributed by atoms with Gasteiger partial charge in [0, 0.05) is 5.69 Å². The van der Waals surface area contributed by atoms with E-state index in [-0.39, 0.29) is 5.97 Å². The maximum atomic E-state index is 11.3. The summed E-state index contributed by atoms with van der Waals surface area (Å²) in [7, 11) is 0. The van der Waals surface area contributed by atoms with Gasteiger partial charge in [0.2, 0.25) is 0 Å². The Labute approximate surface area is 95.2 Å². The predicted octanol–water partition coefficient (Wildman–Crippen LogP) is 2.00. The lowest BCUT2D eigenvalue weighted by atomic mass is 10.2. The van der Waals surface area contributed by atoms with E-state index in [1.807, 2.05) is 6.92 Å². The number of esters is 1. The number of aliphatic hydroxyl groups is 1. The molecule has 1 unspecified atom stereocenters. The minimum atomic E-state index is -0.562. The van der Waals surface area contributed by atoms with Crippen molar-refractivity contribution in [3.05, 3.63) is 29.8 Å². The molecule has 1 atom stereocenters. The monoisotopic (exact) mass is 223 g/mol. The molecule has 0 fully saturated rings. The van der Waals surface area contributed by atoms with E-state index in [1.54, 1.807) is 31.2 Å². The van der Waals surface area contributed by atoms with E-state index in [2.05, 4.69) is 5.32 Å². The van der Waals surface area contributed by atoms with Crippen LogP contribution in [0.1, 0.15) is 30.6 Å². The van der Waals surface area contributed by atoms with Crippen LogP contribution in [0.4, 0.5) is 5.69 Å². The number of aliphatic hydroxyl groups excluding tert-OH is 1. The molecule has 16 heavy (non-hydrogen) atoms. The van der Waals surface area contributed by atoms with Gasteiger partial charge in [-0.05, 0) is 37.6 Å². The van der Waals surface area contributed by atoms with Crippen molar-refractivity contribution in [1.82, 2.24) is 0 Å². The Morgan fingerprint density at radius 3 is 2.50 bits per heavy atom. The van der Waals surface area contributed by atoms with Gasteiger partial charge in [0.05, 0.1) is 12.2 Å². The van der Waals surface area contributed by atoms with Gasteiger partial charge in [-0.3, -0.25) is 0 Å². The fourth-order valence-corrected chi connectivity index (χ4v) is 1.21. The van der Waals surface area contributed by atoms with Gasteiger partial charge in [-0.1, -0.05) is 6.92 Å². The quantitative estimate of drug-likeness (QED) is 0.592. The Morgan fingerprint density at radius 1 is 1.38 bits per heavy atom. The van der Waals surface area contributed by atoms with Crippen molar-refractivity contribution in [2.75, 3.05) is 11.9 Å². The van der Waals surface area contributed by atoms with Gasteiger partial charge in [0.25, 0.3) is 0 Å². The first-order chi connectivity index (χ1) is 7.67. The maximum absolute atomic E-state index is 11.3. The number of ether oxygens (including phenoxy) is 1. The standard InChI is InChI=1S/C12H17NO3/c1-3-11(14)13-10-7-5-9(6-8-10)12(15)16-4-2/h5-8,11,13-14H,3-4H2,1-2H3. The molecule has 0 heterocycles. The van der Waals surface area contributed by atoms with E-state index >= 15 is 0 Å². The molecule has 0 bridgehead atoms. The molecule has 4 heteroatoms. The summed E-state index contributed by atoms with van der Waals surface area (Å²) >= 11 is 0. The Bertz CT molecular complexity index is 335. The van der Waals surface area contributed by atoms with Gasteiger partial charge >= 0.3 is 5.97 Å². The number of carbonyl (C=O) groups excluding carboxylic acids is 1. The summed E-state index contributed by atoms with van der Waals surface area (Å²) in [6.07, 6.45) is 0.0630. The summed E-state index contributed by atoms with van der Waals surface area (Å²) in [5.74, 6) is -0.329. The van der Waals surface area contributed by atoms with Crippen LogP contribution in [-0.4, -0.2) is 23.9 Å². The van der Waals surface area contributed by atoms with Crippen LogP contribution in [0.3, 0.4) is 0 Å². The highest BCUT2D eigenvalue weighted by atomic mass is 16.5. The highest BCUT2D eigenvalue weighted by molar-refractivity contribution is 5.89. The third-order valence-corrected chi connectivity index (χ3v) is 2.12. The number of hydrogen-bond donors (Lipinski definition) is 2. The largest absolute Gasteiger partial charge is 0.462 e. The third-order valence-electron chi connectivity index (χ3n) is 2.12. The molecular weight excluding hydrogens is 206 g/mol. The van der Waals surface area contributed by atoms with Crippen LogP contribution in [0, 0.1) is 0 Å². The number of rotatable bonds is 5. The number of anilines is 1. The normalized spacial score (nSPS) is 11.9. The van der Waals surface area contributed by atoms with E-state index in [0.717, 1.165) is 5.69 Å². The van der Waals surface area contributed by atoms with Gasteiger partial charge in [0.1, 0.15) is 6.23 Å². The van der Waals surface area contributed by atoms with Gasteiger partial charge in [-0.25, -0.2) is 4.79 Å². The summed E-state index contributed by atoms with van der Waals surface area (Å²) in [4.78, 5) is 11.3. The zero-order valence-electron chi connectivity index (χ0n) is 9.56. The Kier molecular flexibility index (Phi) is 4.79. The van der Waals surface area contributed by atoms with Gasteiger partial charge < -0.3 is 15.2 Å². The second-order valence-electron chi connectivity index (χ2n) is 3.37. The van der Waals surface area contributed by atoms with Crippen LogP contribution in [0.5, 0.6) is 0 Å². The molecule has 0 saturated heterocycles. The summed E-state index contributed by atoms with van der Waals surface area (Å²) in [5, 5.41) is 12.3. The molecule has 1 aromatic carbocycles. The first-order valence-corrected chi connectivity index (χ1v) is 5.39. The molecular formula is C12H17NO3. The summed E-state index contributed by atoms with van der Waals surface area (Å²) in [6, 6.07) is 6.82. The molecule has 1 rings (SSSR count). The molecule has 0 aliphatic carbocycles. The number of benzene rings is 1. The third kappa shape index (κ3) is 3.55. The van der Waals surface area contributed by atoms with Crippen LogP contribution < -0.4 is 5.32 Å². The van der Waals surface area contributed by atoms with Crippen LogP contribution >= 0.6 is 0 Å². The lowest BCUT2D eigenvalue weighted by molar-refractivity contribution is 0.0526. The van der Waals surface area contributed by atoms with Crippen LogP contribution in [-0.2, 0) is 4.74 Å². The van der Waals surface area contributed by atoms with E-state index in [4.69, 9.17) is 4.74 Å². The molecule has 88 valence electrons. The van der Waals surface area contributed by atoms with E-state index < -0.39 is 6.23 Å². The molecule has 0 aliphatic rings. The zero-order chi connectivity index (χ0) is 12.0. The number of hydrogen-bond acceptors (Lipinski definition) is 4. The number of nitrogens with one attached hydrogen (secondary N) is 1. The molecule has 4 nitrogen and oxygen atoms in total. The number of carbonyl (C=O) groups is 1. The molecule has 0 saturated carbocycles. The summed E-state index contributed by atoms with van der Waals surface area (Å²) in [5.41, 5.74) is 1.29. The minimum absolute atomic E-state index is 0.329. The Balaban J connectivity index is 2.64. The molecule has 0 radical (unpaired) electrons. The van der Waals surface area contributed by atoms with Crippen molar-refractivity contribution in [1.29, 1.82) is 0 Å². The first-order valence-electron chi connectivity index (χ1n) is 5.39. The maximum Gasteiger partial charge on any atom is 0.338 e. The van der Waals surface area contributed by atoms with Crippen LogP contribution in [0.25, 0.3) is 0 Å². The Morgan fingerprint density at radius 2 is 2.00 bits per heavy atom. The van der Waals surface area contributed by atoms with Crippen LogP contribution in [0.15, 0.2) is 24.3 Å². The van der Waals surface area contributed by atoms with E-state index in [0.29, 0.717) is 18.6 Å². The molecule has 0 spiro atoms. The molecule has 1 aromatic rings. The van der Waals surface area contributed by atoms with E-state index in [1.165, 1.54) is 0 Å². The van der Waals surface area contributed by atoms with Gasteiger partial charge in [0.15, 0.2) is 0 Å². The lowest BCUT2D eigenvalue weighted by Crippen LogP contribution is -2.16. The minimum Gasteiger partial charge on any atom is -0.462 e. The fraction of sp³-hybridized carbons (Fsp3) is 0.417. The smallest absolute Gasteiger partial charge is 0.338 e. The van der Waals surface area contributed by atoms with E-state index in [9.17, 15) is 9.90 Å². The van der Waals surface area contributed by atoms with Gasteiger partial charge in [-0.15, -0.1) is 0 Å². The molecule has 2 N–H and O–H groups in total. The van der Waals surface area contributed by atoms with Crippen LogP contribution in [0.2, 0.25) is 0 Å². The van der Waals surface area contributed by atoms with Crippen molar-refractivity contribution < 1.29 is 14.6 Å². The fourth-order valence-electron chi connectivity index (χ4n) is 1.21. The van der Waals surface area contributed by atoms with Crippen molar-refractivity contribution in [3.8, 4) is 0 Å². The van der Waals surface area contributed by atoms with Crippen molar-refractivity contribution in [2.24, 2.45) is 0 Å². The first kappa shape index (κ1) is 12.5. The zero-order valence-corrected chi connectivity index (χ0v) is 9.56. The van der Waals surface area contributed by atoms with Crippen molar-refractivity contribution in [2.45, 2.75) is 26.5 Å². The molecule has 0 aliphatic heterocycles. The topological polar surface area (TPSA) is 58.6 Å². The SMILES string of the molecule is CCOC(=O)c1ccc(NC(O)CC)cc1. The summed E-state index contributed by atoms with van der Waals surface area (Å²) in [6.45, 7) is 4.02. The lowest BCUT2D eigenvalue weighted by Gasteiger charge is -2.11. The van der Waals surface area contributed by atoms with Crippen molar-refractivity contribution in [3.63, 3.8) is 0 Å². The highest BCUT2D eigenvalue weighted by Crippen LogP contribution is 2.11. The Hall–Kier alpha value is -1.55. The average Bonchev–Trinajstić information content (AvgIpc) is 2.30. The second-order valence-corrected chi connectivity index (χ2v) is 3.37. The predicted molar refractivity (Wildman–Crippen MR) is 62.3 cm³/mol. The second kappa shape index (κ2) is 6.12. The highest BCUT2D eigenvalue weighted by Gasteiger charge is 2.06. The molecule has 0 amide bonds. The van der Waals surface area contributed by atoms with Gasteiger partial charge in [-0.2, -0.15) is 0 Å². The summed E-state index contributed by atoms with van der Waals surface area (Å²) < 4.78 is 4.86. The molecule has 0 aromatic heterocycles. The van der Waals surface area contributed by atoms with Crippen molar-refractivity contribution >= 4 is 11.7 Å². The average molecular weight is 223 g/mol.